The molecule has 0 bridgehead atoms. The molecular formula is C13H20N2OS. The SMILES string of the molecule is CC[C@@H]1CCCCN1C(=O)c1sc(C)nc1C. The lowest BCUT2D eigenvalue weighted by Crippen LogP contribution is -2.43. The number of aryl methyl sites for hydroxylation is 2. The molecule has 0 N–H and O–H groups in total. The first-order valence-corrected chi connectivity index (χ1v) is 7.20. The number of hydrogen-bond acceptors (Lipinski definition) is 3. The van der Waals surface area contributed by atoms with E-state index in [1.807, 2.05) is 13.8 Å². The third-order valence-electron chi connectivity index (χ3n) is 3.46. The highest BCUT2D eigenvalue weighted by Crippen LogP contribution is 2.25. The summed E-state index contributed by atoms with van der Waals surface area (Å²) in [7, 11) is 0. The summed E-state index contributed by atoms with van der Waals surface area (Å²) in [6.45, 7) is 6.97. The number of aromatic nitrogens is 1. The van der Waals surface area contributed by atoms with Crippen molar-refractivity contribution >= 4 is 17.2 Å². The molecular weight excluding hydrogens is 232 g/mol. The molecule has 1 aliphatic heterocycles. The minimum Gasteiger partial charge on any atom is -0.335 e. The molecule has 94 valence electrons. The second kappa shape index (κ2) is 5.17. The van der Waals surface area contributed by atoms with Crippen LogP contribution in [0.5, 0.6) is 0 Å². The molecule has 17 heavy (non-hydrogen) atoms. The van der Waals surface area contributed by atoms with Gasteiger partial charge >= 0.3 is 0 Å². The van der Waals surface area contributed by atoms with Gasteiger partial charge in [-0.15, -0.1) is 11.3 Å². The number of likely N-dealkylation sites (tertiary alicyclic amines) is 1. The zero-order valence-electron chi connectivity index (χ0n) is 10.8. The van der Waals surface area contributed by atoms with E-state index >= 15 is 0 Å². The highest BCUT2D eigenvalue weighted by atomic mass is 32.1. The van der Waals surface area contributed by atoms with E-state index in [4.69, 9.17) is 0 Å². The highest BCUT2D eigenvalue weighted by Gasteiger charge is 2.28. The average Bonchev–Trinajstić information content (AvgIpc) is 2.67. The van der Waals surface area contributed by atoms with E-state index in [0.29, 0.717) is 6.04 Å². The lowest BCUT2D eigenvalue weighted by molar-refractivity contribution is 0.0612. The van der Waals surface area contributed by atoms with Gasteiger partial charge < -0.3 is 4.90 Å². The normalized spacial score (nSPS) is 20.6. The summed E-state index contributed by atoms with van der Waals surface area (Å²) in [6, 6.07) is 0.429. The number of carbonyl (C=O) groups is 1. The summed E-state index contributed by atoms with van der Waals surface area (Å²) < 4.78 is 0. The Morgan fingerprint density at radius 2 is 2.24 bits per heavy atom. The van der Waals surface area contributed by atoms with Crippen molar-refractivity contribution in [2.75, 3.05) is 6.54 Å². The highest BCUT2D eigenvalue weighted by molar-refractivity contribution is 7.13. The van der Waals surface area contributed by atoms with E-state index in [1.165, 1.54) is 17.8 Å². The van der Waals surface area contributed by atoms with Crippen LogP contribution in [-0.4, -0.2) is 28.4 Å². The first-order valence-electron chi connectivity index (χ1n) is 6.38. The third kappa shape index (κ3) is 2.51. The molecule has 0 unspecified atom stereocenters. The minimum absolute atomic E-state index is 0.194. The molecule has 2 rings (SSSR count). The Balaban J connectivity index is 2.21. The first kappa shape index (κ1) is 12.6. The number of piperidine rings is 1. The summed E-state index contributed by atoms with van der Waals surface area (Å²) in [4.78, 5) is 19.7. The molecule has 1 saturated heterocycles. The van der Waals surface area contributed by atoms with Crippen LogP contribution in [0.1, 0.15) is 53.0 Å². The maximum Gasteiger partial charge on any atom is 0.266 e. The Labute approximate surface area is 107 Å². The molecule has 1 amide bonds. The van der Waals surface area contributed by atoms with Crippen LogP contribution in [0.25, 0.3) is 0 Å². The Bertz CT molecular complexity index is 414. The van der Waals surface area contributed by atoms with Crippen LogP contribution in [-0.2, 0) is 0 Å². The van der Waals surface area contributed by atoms with Crippen LogP contribution in [0.15, 0.2) is 0 Å². The number of hydrogen-bond donors (Lipinski definition) is 0. The number of nitrogens with zero attached hydrogens (tertiary/aromatic N) is 2. The van der Waals surface area contributed by atoms with Gasteiger partial charge in [0.15, 0.2) is 0 Å². The third-order valence-corrected chi connectivity index (χ3v) is 4.52. The van der Waals surface area contributed by atoms with Crippen LogP contribution in [0.3, 0.4) is 0 Å². The molecule has 1 atom stereocenters. The van der Waals surface area contributed by atoms with Gasteiger partial charge in [-0.2, -0.15) is 0 Å². The quantitative estimate of drug-likeness (QED) is 0.810. The van der Waals surface area contributed by atoms with Crippen LogP contribution >= 0.6 is 11.3 Å². The summed E-state index contributed by atoms with van der Waals surface area (Å²) in [6.07, 6.45) is 4.60. The van der Waals surface area contributed by atoms with Crippen LogP contribution in [0.4, 0.5) is 0 Å². The fourth-order valence-corrected chi connectivity index (χ4v) is 3.43. The minimum atomic E-state index is 0.194. The maximum atomic E-state index is 12.5. The monoisotopic (exact) mass is 252 g/mol. The number of amides is 1. The Morgan fingerprint density at radius 1 is 1.47 bits per heavy atom. The largest absolute Gasteiger partial charge is 0.335 e. The fraction of sp³-hybridized carbons (Fsp3) is 0.692. The maximum absolute atomic E-state index is 12.5. The molecule has 2 heterocycles. The Morgan fingerprint density at radius 3 is 2.82 bits per heavy atom. The molecule has 0 aliphatic carbocycles. The Hall–Kier alpha value is -0.900. The van der Waals surface area contributed by atoms with Gasteiger partial charge in [-0.05, 0) is 39.5 Å². The van der Waals surface area contributed by atoms with Gasteiger partial charge in [0.2, 0.25) is 0 Å². The van der Waals surface area contributed by atoms with Crippen LogP contribution < -0.4 is 0 Å². The summed E-state index contributed by atoms with van der Waals surface area (Å²) in [5.74, 6) is 0.194. The van der Waals surface area contributed by atoms with Crippen LogP contribution in [0, 0.1) is 13.8 Å². The summed E-state index contributed by atoms with van der Waals surface area (Å²) in [5, 5.41) is 0.982. The van der Waals surface area contributed by atoms with E-state index in [0.717, 1.165) is 41.4 Å². The lowest BCUT2D eigenvalue weighted by Gasteiger charge is -2.35. The molecule has 1 aromatic rings. The van der Waals surface area contributed by atoms with Gasteiger partial charge in [-0.3, -0.25) is 4.79 Å². The van der Waals surface area contributed by atoms with E-state index in [2.05, 4.69) is 16.8 Å². The topological polar surface area (TPSA) is 33.2 Å². The molecule has 4 heteroatoms. The first-order chi connectivity index (χ1) is 8.13. The van der Waals surface area contributed by atoms with Crippen molar-refractivity contribution in [3.8, 4) is 0 Å². The number of carbonyl (C=O) groups excluding carboxylic acids is 1. The van der Waals surface area contributed by atoms with Gasteiger partial charge in [-0.25, -0.2) is 4.98 Å². The smallest absolute Gasteiger partial charge is 0.266 e. The zero-order valence-corrected chi connectivity index (χ0v) is 11.6. The summed E-state index contributed by atoms with van der Waals surface area (Å²) >= 11 is 1.53. The van der Waals surface area contributed by atoms with E-state index in [1.54, 1.807) is 0 Å². The predicted molar refractivity (Wildman–Crippen MR) is 70.6 cm³/mol. The molecule has 1 aromatic heterocycles. The number of rotatable bonds is 2. The Kier molecular flexibility index (Phi) is 3.82. The number of thiazole rings is 1. The van der Waals surface area contributed by atoms with E-state index < -0.39 is 0 Å². The molecule has 0 radical (unpaired) electrons. The summed E-state index contributed by atoms with van der Waals surface area (Å²) in [5.41, 5.74) is 0.887. The van der Waals surface area contributed by atoms with Gasteiger partial charge in [0.1, 0.15) is 4.88 Å². The van der Waals surface area contributed by atoms with Gasteiger partial charge in [0.25, 0.3) is 5.91 Å². The average molecular weight is 252 g/mol. The molecule has 0 spiro atoms. The fourth-order valence-electron chi connectivity index (χ4n) is 2.55. The zero-order chi connectivity index (χ0) is 12.4. The molecule has 1 aliphatic rings. The molecule has 0 aromatic carbocycles. The van der Waals surface area contributed by atoms with Gasteiger partial charge in [-0.1, -0.05) is 6.92 Å². The van der Waals surface area contributed by atoms with Crippen molar-refractivity contribution in [3.05, 3.63) is 15.6 Å². The molecule has 0 saturated carbocycles. The van der Waals surface area contributed by atoms with Crippen molar-refractivity contribution < 1.29 is 4.79 Å². The second-order valence-corrected chi connectivity index (χ2v) is 5.91. The standard InChI is InChI=1S/C13H20N2OS/c1-4-11-7-5-6-8-15(11)13(16)12-9(2)14-10(3)17-12/h11H,4-8H2,1-3H3/t11-/m1/s1. The van der Waals surface area contributed by atoms with Crippen molar-refractivity contribution in [1.82, 2.24) is 9.88 Å². The van der Waals surface area contributed by atoms with E-state index in [9.17, 15) is 4.79 Å². The molecule has 3 nitrogen and oxygen atoms in total. The van der Waals surface area contributed by atoms with Crippen molar-refractivity contribution in [1.29, 1.82) is 0 Å². The second-order valence-electron chi connectivity index (χ2n) is 4.70. The van der Waals surface area contributed by atoms with Gasteiger partial charge in [0, 0.05) is 12.6 Å². The van der Waals surface area contributed by atoms with Crippen molar-refractivity contribution in [2.45, 2.75) is 52.5 Å². The predicted octanol–water partition coefficient (Wildman–Crippen LogP) is 3.16. The van der Waals surface area contributed by atoms with Crippen molar-refractivity contribution in [2.24, 2.45) is 0 Å². The molecule has 1 fully saturated rings. The van der Waals surface area contributed by atoms with E-state index in [-0.39, 0.29) is 5.91 Å². The van der Waals surface area contributed by atoms with Crippen LogP contribution in [0.2, 0.25) is 0 Å². The van der Waals surface area contributed by atoms with Gasteiger partial charge in [0.05, 0.1) is 10.7 Å². The lowest BCUT2D eigenvalue weighted by atomic mass is 10.00. The van der Waals surface area contributed by atoms with Crippen molar-refractivity contribution in [3.63, 3.8) is 0 Å².